The van der Waals surface area contributed by atoms with Crippen molar-refractivity contribution >= 4 is 11.9 Å². The molecule has 0 radical (unpaired) electrons. The molecule has 6 heteroatoms. The lowest BCUT2D eigenvalue weighted by atomic mass is 9.85. The van der Waals surface area contributed by atoms with Gasteiger partial charge in [-0.2, -0.15) is 0 Å². The van der Waals surface area contributed by atoms with Gasteiger partial charge in [0.05, 0.1) is 6.54 Å². The van der Waals surface area contributed by atoms with Gasteiger partial charge in [0.1, 0.15) is 5.54 Å². The van der Waals surface area contributed by atoms with E-state index in [-0.39, 0.29) is 11.9 Å². The first-order valence-electron chi connectivity index (χ1n) is 11.6. The topological polar surface area (TPSA) is 53.1 Å². The van der Waals surface area contributed by atoms with Gasteiger partial charge in [-0.05, 0) is 36.8 Å². The lowest BCUT2D eigenvalue weighted by Crippen LogP contribution is -2.57. The molecule has 0 saturated carbocycles. The fourth-order valence-electron chi connectivity index (χ4n) is 4.93. The number of likely N-dealkylation sites (tertiary alicyclic amines) is 1. The first kappa shape index (κ1) is 22.5. The van der Waals surface area contributed by atoms with Gasteiger partial charge in [-0.1, -0.05) is 60.7 Å². The lowest BCUT2D eigenvalue weighted by Gasteiger charge is -2.42. The molecule has 170 valence electrons. The predicted molar refractivity (Wildman–Crippen MR) is 124 cm³/mol. The van der Waals surface area contributed by atoms with Crippen molar-refractivity contribution in [3.8, 4) is 0 Å². The van der Waals surface area contributed by atoms with E-state index in [1.54, 1.807) is 7.11 Å². The Kier molecular flexibility index (Phi) is 7.22. The number of nitrogens with zero attached hydrogens (tertiary/aromatic N) is 3. The van der Waals surface area contributed by atoms with Gasteiger partial charge >= 0.3 is 6.03 Å². The summed E-state index contributed by atoms with van der Waals surface area (Å²) < 4.78 is 5.21. The molecule has 0 atom stereocenters. The van der Waals surface area contributed by atoms with Gasteiger partial charge in [-0.3, -0.25) is 9.69 Å². The van der Waals surface area contributed by atoms with Crippen LogP contribution in [0.5, 0.6) is 0 Å². The van der Waals surface area contributed by atoms with Crippen LogP contribution in [0, 0.1) is 0 Å². The highest BCUT2D eigenvalue weighted by atomic mass is 16.5. The number of rotatable bonds is 9. The third kappa shape index (κ3) is 4.71. The summed E-state index contributed by atoms with van der Waals surface area (Å²) in [4.78, 5) is 32.7. The van der Waals surface area contributed by atoms with Gasteiger partial charge < -0.3 is 14.5 Å². The molecule has 0 N–H and O–H groups in total. The minimum atomic E-state index is -0.719. The van der Waals surface area contributed by atoms with Crippen LogP contribution in [0.1, 0.15) is 30.4 Å². The molecule has 0 bridgehead atoms. The molecule has 0 unspecified atom stereocenters. The number of hydrogen-bond donors (Lipinski definition) is 0. The van der Waals surface area contributed by atoms with Gasteiger partial charge in [0.15, 0.2) is 0 Å². The number of carbonyl (C=O) groups excluding carboxylic acids is 2. The van der Waals surface area contributed by atoms with Crippen molar-refractivity contribution in [2.24, 2.45) is 0 Å². The van der Waals surface area contributed by atoms with Gasteiger partial charge in [-0.15, -0.1) is 0 Å². The summed E-state index contributed by atoms with van der Waals surface area (Å²) in [6.07, 6.45) is 3.10. The summed E-state index contributed by atoms with van der Waals surface area (Å²) in [5.74, 6) is -0.0357. The number of benzene rings is 2. The van der Waals surface area contributed by atoms with Crippen molar-refractivity contribution in [1.82, 2.24) is 14.7 Å². The molecule has 0 aliphatic carbocycles. The quantitative estimate of drug-likeness (QED) is 0.446. The molecule has 2 aliphatic rings. The fraction of sp³-hybridized carbons (Fsp3) is 0.462. The molecular formula is C26H33N3O3. The third-order valence-electron chi connectivity index (χ3n) is 6.78. The van der Waals surface area contributed by atoms with E-state index in [0.29, 0.717) is 32.5 Å². The molecule has 1 spiro atoms. The number of carbonyl (C=O) groups is 2. The number of hydrogen-bond acceptors (Lipinski definition) is 4. The van der Waals surface area contributed by atoms with Crippen molar-refractivity contribution in [1.29, 1.82) is 0 Å². The Hall–Kier alpha value is -2.70. The molecule has 2 aromatic carbocycles. The first-order valence-corrected chi connectivity index (χ1v) is 11.6. The summed E-state index contributed by atoms with van der Waals surface area (Å²) in [5.41, 5.74) is 1.58. The monoisotopic (exact) mass is 435 g/mol. The molecule has 2 aromatic rings. The molecule has 4 rings (SSSR count). The number of ether oxygens (including phenoxy) is 1. The maximum atomic E-state index is 13.6. The molecule has 3 amide bonds. The fourth-order valence-corrected chi connectivity index (χ4v) is 4.93. The lowest BCUT2D eigenvalue weighted by molar-refractivity contribution is -0.136. The molecule has 2 saturated heterocycles. The first-order chi connectivity index (χ1) is 15.6. The van der Waals surface area contributed by atoms with Crippen molar-refractivity contribution in [3.05, 3.63) is 71.8 Å². The van der Waals surface area contributed by atoms with E-state index in [9.17, 15) is 9.59 Å². The molecule has 2 aliphatic heterocycles. The molecule has 2 heterocycles. The number of imide groups is 1. The van der Waals surface area contributed by atoms with E-state index in [0.717, 1.165) is 38.0 Å². The highest BCUT2D eigenvalue weighted by Gasteiger charge is 2.57. The van der Waals surface area contributed by atoms with Crippen LogP contribution in [-0.2, 0) is 22.5 Å². The summed E-state index contributed by atoms with van der Waals surface area (Å²) in [5, 5.41) is 0. The number of methoxy groups -OCH3 is 1. The molecule has 32 heavy (non-hydrogen) atoms. The Balaban J connectivity index is 1.45. The van der Waals surface area contributed by atoms with Crippen LogP contribution in [-0.4, -0.2) is 72.1 Å². The average molecular weight is 436 g/mol. The van der Waals surface area contributed by atoms with E-state index in [4.69, 9.17) is 4.74 Å². The zero-order valence-corrected chi connectivity index (χ0v) is 18.9. The van der Waals surface area contributed by atoms with E-state index < -0.39 is 5.54 Å². The van der Waals surface area contributed by atoms with Crippen LogP contribution in [0.3, 0.4) is 0 Å². The summed E-state index contributed by atoms with van der Waals surface area (Å²) >= 11 is 0. The zero-order valence-electron chi connectivity index (χ0n) is 18.9. The second-order valence-electron chi connectivity index (χ2n) is 8.77. The molecular weight excluding hydrogens is 402 g/mol. The predicted octanol–water partition coefficient (Wildman–Crippen LogP) is 3.56. The highest BCUT2D eigenvalue weighted by molar-refractivity contribution is 6.07. The van der Waals surface area contributed by atoms with Crippen LogP contribution in [0.25, 0.3) is 0 Å². The minimum absolute atomic E-state index is 0.0357. The summed E-state index contributed by atoms with van der Waals surface area (Å²) in [6, 6.07) is 20.1. The average Bonchev–Trinajstić information content (AvgIpc) is 3.02. The van der Waals surface area contributed by atoms with Crippen molar-refractivity contribution in [3.63, 3.8) is 0 Å². The summed E-state index contributed by atoms with van der Waals surface area (Å²) in [7, 11) is 1.67. The minimum Gasteiger partial charge on any atom is -0.385 e. The Morgan fingerprint density at radius 3 is 2.12 bits per heavy atom. The molecule has 0 aromatic heterocycles. The molecule has 6 nitrogen and oxygen atoms in total. The standard InChI is InChI=1S/C26H33N3O3/c1-32-20-8-16-29-25(31)28(21-23-11-6-3-7-12-23)24(30)26(29)14-18-27(19-15-26)17-13-22-9-4-2-5-10-22/h2-7,9-12H,8,13-21H2,1H3. The Morgan fingerprint density at radius 1 is 0.875 bits per heavy atom. The molecule has 2 fully saturated rings. The third-order valence-corrected chi connectivity index (χ3v) is 6.78. The largest absolute Gasteiger partial charge is 0.385 e. The SMILES string of the molecule is COCCCN1C(=O)N(Cc2ccccc2)C(=O)C12CCN(CCc1ccccc1)CC2. The second-order valence-corrected chi connectivity index (χ2v) is 8.77. The van der Waals surface area contributed by atoms with Crippen LogP contribution < -0.4 is 0 Å². The zero-order chi connectivity index (χ0) is 22.4. The van der Waals surface area contributed by atoms with Crippen LogP contribution in [0.4, 0.5) is 4.79 Å². The van der Waals surface area contributed by atoms with E-state index in [2.05, 4.69) is 29.2 Å². The number of urea groups is 1. The van der Waals surface area contributed by atoms with Crippen LogP contribution in [0.15, 0.2) is 60.7 Å². The number of piperidine rings is 1. The summed E-state index contributed by atoms with van der Waals surface area (Å²) in [6.45, 7) is 4.08. The van der Waals surface area contributed by atoms with E-state index in [1.807, 2.05) is 41.3 Å². The Labute approximate surface area is 190 Å². The van der Waals surface area contributed by atoms with Gasteiger partial charge in [-0.25, -0.2) is 4.79 Å². The number of amides is 3. The van der Waals surface area contributed by atoms with Crippen LogP contribution in [0.2, 0.25) is 0 Å². The van der Waals surface area contributed by atoms with Crippen molar-refractivity contribution in [2.45, 2.75) is 37.8 Å². The highest BCUT2D eigenvalue weighted by Crippen LogP contribution is 2.38. The normalized spacial score (nSPS) is 18.7. The van der Waals surface area contributed by atoms with Crippen molar-refractivity contribution in [2.75, 3.05) is 39.9 Å². The van der Waals surface area contributed by atoms with Crippen LogP contribution >= 0.6 is 0 Å². The van der Waals surface area contributed by atoms with Crippen molar-refractivity contribution < 1.29 is 14.3 Å². The maximum Gasteiger partial charge on any atom is 0.327 e. The van der Waals surface area contributed by atoms with E-state index >= 15 is 0 Å². The van der Waals surface area contributed by atoms with Gasteiger partial charge in [0.2, 0.25) is 0 Å². The smallest absolute Gasteiger partial charge is 0.327 e. The van der Waals surface area contributed by atoms with Gasteiger partial charge in [0, 0.05) is 39.9 Å². The Bertz CT molecular complexity index is 895. The van der Waals surface area contributed by atoms with Gasteiger partial charge in [0.25, 0.3) is 5.91 Å². The second kappa shape index (κ2) is 10.3. The Morgan fingerprint density at radius 2 is 1.50 bits per heavy atom. The maximum absolute atomic E-state index is 13.6. The van der Waals surface area contributed by atoms with E-state index in [1.165, 1.54) is 10.5 Å².